The molecule has 0 aromatic carbocycles. The van der Waals surface area contributed by atoms with E-state index in [1.165, 1.54) is 0 Å². The molecule has 0 aliphatic carbocycles. The summed E-state index contributed by atoms with van der Waals surface area (Å²) in [6.07, 6.45) is 3.67. The average Bonchev–Trinajstić information content (AvgIpc) is 2.10. The number of nitrogens with two attached hydrogens (primary N) is 3. The van der Waals surface area contributed by atoms with Crippen molar-refractivity contribution >= 4 is 11.5 Å². The molecule has 0 radical (unpaired) electrons. The van der Waals surface area contributed by atoms with Crippen LogP contribution in [-0.4, -0.2) is 4.98 Å². The highest BCUT2D eigenvalue weighted by molar-refractivity contribution is 5.58. The van der Waals surface area contributed by atoms with Gasteiger partial charge in [-0.1, -0.05) is 13.3 Å². The van der Waals surface area contributed by atoms with E-state index in [-0.39, 0.29) is 6.04 Å². The first kappa shape index (κ1) is 9.80. The maximum absolute atomic E-state index is 5.89. The summed E-state index contributed by atoms with van der Waals surface area (Å²) in [4.78, 5) is 3.95. The van der Waals surface area contributed by atoms with Crippen molar-refractivity contribution in [2.24, 2.45) is 5.73 Å². The quantitative estimate of drug-likeness (QED) is 0.648. The zero-order chi connectivity index (χ0) is 9.84. The predicted octanol–water partition coefficient (Wildman–Crippen LogP) is 1.05. The molecule has 1 heterocycles. The third-order valence-electron chi connectivity index (χ3n) is 2.00. The molecular formula is C9H16N4. The molecule has 0 unspecified atom stereocenters. The summed E-state index contributed by atoms with van der Waals surface area (Å²) in [5.41, 5.74) is 18.4. The van der Waals surface area contributed by atoms with Gasteiger partial charge in [0.15, 0.2) is 0 Å². The van der Waals surface area contributed by atoms with Gasteiger partial charge < -0.3 is 17.2 Å². The molecule has 1 atom stereocenters. The number of nitrogen functional groups attached to an aromatic ring is 2. The Bertz CT molecular complexity index is 285. The number of nitrogens with zero attached hydrogens (tertiary/aromatic N) is 1. The van der Waals surface area contributed by atoms with Crippen LogP contribution in [0.4, 0.5) is 11.5 Å². The molecule has 1 rings (SSSR count). The van der Waals surface area contributed by atoms with Crippen molar-refractivity contribution in [1.82, 2.24) is 4.98 Å². The van der Waals surface area contributed by atoms with E-state index < -0.39 is 0 Å². The molecule has 0 bridgehead atoms. The van der Waals surface area contributed by atoms with E-state index in [0.29, 0.717) is 11.5 Å². The monoisotopic (exact) mass is 180 g/mol. The zero-order valence-electron chi connectivity index (χ0n) is 7.83. The lowest BCUT2D eigenvalue weighted by Gasteiger charge is -2.11. The van der Waals surface area contributed by atoms with E-state index in [1.807, 2.05) is 0 Å². The molecule has 4 heteroatoms. The second-order valence-electron chi connectivity index (χ2n) is 3.14. The highest BCUT2D eigenvalue weighted by atomic mass is 14.9. The molecular weight excluding hydrogens is 164 g/mol. The van der Waals surface area contributed by atoms with Crippen LogP contribution < -0.4 is 17.2 Å². The maximum Gasteiger partial charge on any atom is 0.146 e. The summed E-state index contributed by atoms with van der Waals surface area (Å²) in [7, 11) is 0. The van der Waals surface area contributed by atoms with Crippen LogP contribution in [0.5, 0.6) is 0 Å². The van der Waals surface area contributed by atoms with Crippen LogP contribution in [0.25, 0.3) is 0 Å². The fourth-order valence-corrected chi connectivity index (χ4v) is 1.19. The maximum atomic E-state index is 5.89. The minimum absolute atomic E-state index is 0.0143. The van der Waals surface area contributed by atoms with E-state index in [1.54, 1.807) is 12.3 Å². The van der Waals surface area contributed by atoms with Crippen LogP contribution in [0, 0.1) is 0 Å². The summed E-state index contributed by atoms with van der Waals surface area (Å²) in [6.45, 7) is 2.09. The topological polar surface area (TPSA) is 90.9 Å². The number of pyridine rings is 1. The molecule has 72 valence electrons. The summed E-state index contributed by atoms with van der Waals surface area (Å²) in [6, 6.07) is 1.81. The van der Waals surface area contributed by atoms with Crippen LogP contribution >= 0.6 is 0 Å². The third-order valence-corrected chi connectivity index (χ3v) is 2.00. The Hall–Kier alpha value is -1.29. The number of hydrogen-bond donors (Lipinski definition) is 3. The van der Waals surface area contributed by atoms with Gasteiger partial charge in [0.1, 0.15) is 5.82 Å². The Morgan fingerprint density at radius 1 is 1.46 bits per heavy atom. The van der Waals surface area contributed by atoms with Gasteiger partial charge in [0.25, 0.3) is 0 Å². The van der Waals surface area contributed by atoms with Gasteiger partial charge in [0, 0.05) is 12.2 Å². The smallest absolute Gasteiger partial charge is 0.146 e. The molecule has 1 aromatic heterocycles. The van der Waals surface area contributed by atoms with Crippen molar-refractivity contribution in [1.29, 1.82) is 0 Å². The minimum atomic E-state index is 0.0143. The van der Waals surface area contributed by atoms with E-state index in [9.17, 15) is 0 Å². The van der Waals surface area contributed by atoms with Crippen molar-refractivity contribution in [3.05, 3.63) is 17.8 Å². The van der Waals surface area contributed by atoms with Gasteiger partial charge in [-0.05, 0) is 18.1 Å². The van der Waals surface area contributed by atoms with Crippen molar-refractivity contribution < 1.29 is 0 Å². The van der Waals surface area contributed by atoms with E-state index in [4.69, 9.17) is 17.2 Å². The van der Waals surface area contributed by atoms with Crippen LogP contribution in [0.3, 0.4) is 0 Å². The first-order chi connectivity index (χ1) is 6.15. The van der Waals surface area contributed by atoms with Crippen LogP contribution in [-0.2, 0) is 0 Å². The Morgan fingerprint density at radius 2 is 2.15 bits per heavy atom. The van der Waals surface area contributed by atoms with Crippen molar-refractivity contribution in [3.63, 3.8) is 0 Å². The summed E-state index contributed by atoms with van der Waals surface area (Å²) in [5, 5.41) is 0. The average molecular weight is 180 g/mol. The van der Waals surface area contributed by atoms with Crippen molar-refractivity contribution in [2.75, 3.05) is 11.5 Å². The lowest BCUT2D eigenvalue weighted by Crippen LogP contribution is -2.11. The van der Waals surface area contributed by atoms with Crippen molar-refractivity contribution in [3.8, 4) is 0 Å². The highest BCUT2D eigenvalue weighted by Gasteiger charge is 2.06. The largest absolute Gasteiger partial charge is 0.396 e. The summed E-state index contributed by atoms with van der Waals surface area (Å²) < 4.78 is 0. The Balaban J connectivity index is 2.84. The van der Waals surface area contributed by atoms with E-state index >= 15 is 0 Å². The number of rotatable bonds is 3. The van der Waals surface area contributed by atoms with Gasteiger partial charge >= 0.3 is 0 Å². The summed E-state index contributed by atoms with van der Waals surface area (Å²) in [5.74, 6) is 0.368. The fraction of sp³-hybridized carbons (Fsp3) is 0.444. The van der Waals surface area contributed by atoms with Crippen LogP contribution in [0.2, 0.25) is 0 Å². The van der Waals surface area contributed by atoms with Gasteiger partial charge in [-0.15, -0.1) is 0 Å². The second-order valence-corrected chi connectivity index (χ2v) is 3.14. The molecule has 0 aliphatic rings. The lowest BCUT2D eigenvalue weighted by molar-refractivity contribution is 0.636. The summed E-state index contributed by atoms with van der Waals surface area (Å²) >= 11 is 0. The van der Waals surface area contributed by atoms with Crippen LogP contribution in [0.1, 0.15) is 31.4 Å². The molecule has 0 spiro atoms. The highest BCUT2D eigenvalue weighted by Crippen LogP contribution is 2.19. The molecule has 13 heavy (non-hydrogen) atoms. The van der Waals surface area contributed by atoms with Gasteiger partial charge in [0.2, 0.25) is 0 Å². The zero-order valence-corrected chi connectivity index (χ0v) is 7.83. The molecule has 0 fully saturated rings. The minimum Gasteiger partial charge on any atom is -0.396 e. The predicted molar refractivity (Wildman–Crippen MR) is 54.9 cm³/mol. The molecule has 4 nitrogen and oxygen atoms in total. The van der Waals surface area contributed by atoms with Gasteiger partial charge in [-0.2, -0.15) is 0 Å². The van der Waals surface area contributed by atoms with Gasteiger partial charge in [-0.25, -0.2) is 4.98 Å². The first-order valence-electron chi connectivity index (χ1n) is 4.41. The molecule has 0 amide bonds. The number of hydrogen-bond acceptors (Lipinski definition) is 4. The van der Waals surface area contributed by atoms with Crippen molar-refractivity contribution in [2.45, 2.75) is 25.8 Å². The van der Waals surface area contributed by atoms with E-state index in [2.05, 4.69) is 11.9 Å². The third kappa shape index (κ3) is 2.32. The molecule has 1 aromatic rings. The fourth-order valence-electron chi connectivity index (χ4n) is 1.19. The van der Waals surface area contributed by atoms with E-state index in [0.717, 1.165) is 18.4 Å². The molecule has 6 N–H and O–H groups in total. The van der Waals surface area contributed by atoms with Crippen LogP contribution in [0.15, 0.2) is 12.3 Å². The second kappa shape index (κ2) is 4.09. The number of aromatic nitrogens is 1. The molecule has 0 saturated carbocycles. The first-order valence-corrected chi connectivity index (χ1v) is 4.41. The Labute approximate surface area is 78.1 Å². The SMILES string of the molecule is CCC[C@H](N)c1cnc(N)c(N)c1. The Kier molecular flexibility index (Phi) is 3.08. The normalized spacial score (nSPS) is 12.8. The lowest BCUT2D eigenvalue weighted by atomic mass is 10.1. The Morgan fingerprint density at radius 3 is 2.69 bits per heavy atom. The molecule has 0 saturated heterocycles. The number of anilines is 2. The van der Waals surface area contributed by atoms with Gasteiger partial charge in [0.05, 0.1) is 5.69 Å². The van der Waals surface area contributed by atoms with Gasteiger partial charge in [-0.3, -0.25) is 0 Å². The standard InChI is InChI=1S/C9H16N4/c1-2-3-7(10)6-4-8(11)9(12)13-5-6/h4-5,7H,2-3,10-11H2,1H3,(H2,12,13)/t7-/m0/s1. The molecule has 0 aliphatic heterocycles.